The van der Waals surface area contributed by atoms with Crippen molar-refractivity contribution >= 4 is 0 Å². The van der Waals surface area contributed by atoms with Crippen molar-refractivity contribution in [2.45, 2.75) is 25.3 Å². The van der Waals surface area contributed by atoms with E-state index in [2.05, 4.69) is 0 Å². The van der Waals surface area contributed by atoms with Crippen molar-refractivity contribution in [3.05, 3.63) is 0 Å². The van der Waals surface area contributed by atoms with Crippen LogP contribution in [0.4, 0.5) is 0 Å². The van der Waals surface area contributed by atoms with Gasteiger partial charge in [-0.1, -0.05) is 6.42 Å². The van der Waals surface area contributed by atoms with Crippen molar-refractivity contribution in [3.8, 4) is 0 Å². The van der Waals surface area contributed by atoms with E-state index in [0.717, 1.165) is 12.8 Å². The molecule has 0 atom stereocenters. The Morgan fingerprint density at radius 2 is 1.80 bits per heavy atom. The van der Waals surface area contributed by atoms with Crippen LogP contribution < -0.4 is 5.73 Å². The maximum absolute atomic E-state index is 6.91. The van der Waals surface area contributed by atoms with Gasteiger partial charge in [0.25, 0.3) is 0 Å². The first kappa shape index (κ1) is 3.16. The minimum atomic E-state index is 0.315. The molecule has 29 valence electrons. The molecule has 1 N–H and O–H groups in total. The highest BCUT2D eigenvalue weighted by atomic mass is 14.6. The lowest BCUT2D eigenvalue weighted by Crippen LogP contribution is -2.17. The predicted molar refractivity (Wildman–Crippen MR) is 20.7 cm³/mol. The van der Waals surface area contributed by atoms with Crippen LogP contribution in [0.15, 0.2) is 0 Å². The van der Waals surface area contributed by atoms with Crippen molar-refractivity contribution in [1.82, 2.24) is 5.73 Å². The first-order valence-corrected chi connectivity index (χ1v) is 2.11. The van der Waals surface area contributed by atoms with Gasteiger partial charge in [0.15, 0.2) is 0 Å². The van der Waals surface area contributed by atoms with Crippen molar-refractivity contribution in [2.24, 2.45) is 0 Å². The molecule has 0 amide bonds. The van der Waals surface area contributed by atoms with Crippen LogP contribution in [-0.2, 0) is 0 Å². The fraction of sp³-hybridized carbons (Fsp3) is 1.00. The number of hydrogen-bond acceptors (Lipinski definition) is 0. The predicted octanol–water partition coefficient (Wildman–Crippen LogP) is 0.822. The minimum Gasteiger partial charge on any atom is -0.255 e. The van der Waals surface area contributed by atoms with Crippen LogP contribution in [-0.4, -0.2) is 6.04 Å². The second-order valence-electron chi connectivity index (χ2n) is 1.63. The zero-order chi connectivity index (χ0) is 3.70. The van der Waals surface area contributed by atoms with E-state index in [1.165, 1.54) is 6.42 Å². The maximum Gasteiger partial charge on any atom is 0.0213 e. The van der Waals surface area contributed by atoms with Crippen molar-refractivity contribution in [3.63, 3.8) is 0 Å². The van der Waals surface area contributed by atoms with E-state index < -0.39 is 0 Å². The molecule has 0 aromatic rings. The Labute approximate surface area is 32.2 Å². The molecule has 1 saturated carbocycles. The Bertz CT molecular complexity index is 30.6. The van der Waals surface area contributed by atoms with Gasteiger partial charge >= 0.3 is 0 Å². The Kier molecular flexibility index (Phi) is 0.618. The Morgan fingerprint density at radius 1 is 1.40 bits per heavy atom. The van der Waals surface area contributed by atoms with E-state index in [9.17, 15) is 0 Å². The summed E-state index contributed by atoms with van der Waals surface area (Å²) in [5, 5.41) is 0. The van der Waals surface area contributed by atoms with Crippen molar-refractivity contribution in [1.29, 1.82) is 0 Å². The van der Waals surface area contributed by atoms with E-state index in [1.54, 1.807) is 0 Å². The van der Waals surface area contributed by atoms with E-state index in [1.807, 2.05) is 0 Å². The largest absolute Gasteiger partial charge is 0.255 e. The molecule has 5 heavy (non-hydrogen) atoms. The van der Waals surface area contributed by atoms with Gasteiger partial charge in [-0.05, 0) is 12.8 Å². The van der Waals surface area contributed by atoms with Gasteiger partial charge in [0, 0.05) is 6.04 Å². The molecule has 0 aromatic heterocycles. The highest BCUT2D eigenvalue weighted by Crippen LogP contribution is 2.15. The molecule has 1 rings (SSSR count). The van der Waals surface area contributed by atoms with Gasteiger partial charge in [0.1, 0.15) is 0 Å². The quantitative estimate of drug-likeness (QED) is 0.403. The van der Waals surface area contributed by atoms with E-state index in [-0.39, 0.29) is 0 Å². The lowest BCUT2D eigenvalue weighted by molar-refractivity contribution is 0.406. The summed E-state index contributed by atoms with van der Waals surface area (Å²) in [6, 6.07) is 0.315. The lowest BCUT2D eigenvalue weighted by atomic mass is 9.95. The number of hydrogen-bond donors (Lipinski definition) is 0. The molecule has 0 unspecified atom stereocenters. The highest BCUT2D eigenvalue weighted by molar-refractivity contribution is 4.69. The van der Waals surface area contributed by atoms with Gasteiger partial charge < -0.3 is 0 Å². The van der Waals surface area contributed by atoms with E-state index in [4.69, 9.17) is 5.73 Å². The zero-order valence-corrected chi connectivity index (χ0v) is 3.20. The summed E-state index contributed by atoms with van der Waals surface area (Å²) in [6.07, 6.45) is 3.61. The van der Waals surface area contributed by atoms with Crippen LogP contribution in [0.3, 0.4) is 0 Å². The summed E-state index contributed by atoms with van der Waals surface area (Å²) in [5.74, 6) is 0. The van der Waals surface area contributed by atoms with Crippen molar-refractivity contribution in [2.75, 3.05) is 0 Å². The molecule has 0 bridgehead atoms. The van der Waals surface area contributed by atoms with Gasteiger partial charge in [0.2, 0.25) is 0 Å². The van der Waals surface area contributed by atoms with Crippen LogP contribution in [0, 0.1) is 0 Å². The molecule has 1 aliphatic rings. The molecule has 1 heteroatoms. The van der Waals surface area contributed by atoms with E-state index in [0.29, 0.717) is 6.04 Å². The number of nitrogens with one attached hydrogen (secondary N) is 1. The van der Waals surface area contributed by atoms with Crippen LogP contribution >= 0.6 is 0 Å². The Morgan fingerprint density at radius 3 is 1.80 bits per heavy atom. The SMILES string of the molecule is [NH]C1CCC1. The molecule has 1 fully saturated rings. The fourth-order valence-electron chi connectivity index (χ4n) is 0.408. The van der Waals surface area contributed by atoms with Gasteiger partial charge in [-0.15, -0.1) is 0 Å². The Hall–Kier alpha value is -0.0400. The molecule has 0 saturated heterocycles. The molecule has 0 spiro atoms. The standard InChI is InChI=1S/C4H8N/c5-4-2-1-3-4/h4-5H,1-3H2. The summed E-state index contributed by atoms with van der Waals surface area (Å²) < 4.78 is 0. The monoisotopic (exact) mass is 70.1 g/mol. The highest BCUT2D eigenvalue weighted by Gasteiger charge is 2.10. The normalized spacial score (nSPS) is 25.8. The Balaban J connectivity index is 2.08. The lowest BCUT2D eigenvalue weighted by Gasteiger charge is -2.17. The summed E-state index contributed by atoms with van der Waals surface area (Å²) in [5.41, 5.74) is 6.91. The number of rotatable bonds is 0. The van der Waals surface area contributed by atoms with Gasteiger partial charge in [-0.3, -0.25) is 5.73 Å². The second kappa shape index (κ2) is 0.977. The van der Waals surface area contributed by atoms with Crippen LogP contribution in [0.5, 0.6) is 0 Å². The average Bonchev–Trinajstić information content (AvgIpc) is 1.30. The third kappa shape index (κ3) is 0.428. The maximum atomic E-state index is 6.91. The summed E-state index contributed by atoms with van der Waals surface area (Å²) in [7, 11) is 0. The summed E-state index contributed by atoms with van der Waals surface area (Å²) in [4.78, 5) is 0. The molecular weight excluding hydrogens is 62.1 g/mol. The first-order chi connectivity index (χ1) is 2.39. The molecular formula is C4H8N. The molecule has 0 heterocycles. The second-order valence-corrected chi connectivity index (χ2v) is 1.63. The first-order valence-electron chi connectivity index (χ1n) is 2.11. The topological polar surface area (TPSA) is 23.8 Å². The smallest absolute Gasteiger partial charge is 0.0213 e. The summed E-state index contributed by atoms with van der Waals surface area (Å²) >= 11 is 0. The zero-order valence-electron chi connectivity index (χ0n) is 3.20. The molecule has 1 aliphatic carbocycles. The van der Waals surface area contributed by atoms with Crippen LogP contribution in [0.25, 0.3) is 0 Å². The molecule has 0 aromatic carbocycles. The van der Waals surface area contributed by atoms with Crippen molar-refractivity contribution < 1.29 is 0 Å². The average molecular weight is 70.1 g/mol. The van der Waals surface area contributed by atoms with Crippen LogP contribution in [0.1, 0.15) is 19.3 Å². The van der Waals surface area contributed by atoms with Gasteiger partial charge in [-0.25, -0.2) is 0 Å². The molecule has 1 nitrogen and oxygen atoms in total. The van der Waals surface area contributed by atoms with Crippen LogP contribution in [0.2, 0.25) is 0 Å². The third-order valence-corrected chi connectivity index (χ3v) is 1.11. The minimum absolute atomic E-state index is 0.315. The van der Waals surface area contributed by atoms with E-state index >= 15 is 0 Å². The third-order valence-electron chi connectivity index (χ3n) is 1.11. The summed E-state index contributed by atoms with van der Waals surface area (Å²) in [6.45, 7) is 0. The molecule has 1 radical (unpaired) electrons. The molecule has 0 aliphatic heterocycles. The van der Waals surface area contributed by atoms with Gasteiger partial charge in [-0.2, -0.15) is 0 Å². The fourth-order valence-corrected chi connectivity index (χ4v) is 0.408. The van der Waals surface area contributed by atoms with Gasteiger partial charge in [0.05, 0.1) is 0 Å².